The maximum atomic E-state index is 12.6. The van der Waals surface area contributed by atoms with Crippen LogP contribution in [-0.2, 0) is 29.4 Å². The van der Waals surface area contributed by atoms with Crippen molar-refractivity contribution in [3.8, 4) is 0 Å². The van der Waals surface area contributed by atoms with Gasteiger partial charge in [-0.1, -0.05) is 30.3 Å². The maximum Gasteiger partial charge on any atom is 0.222 e. The van der Waals surface area contributed by atoms with Crippen molar-refractivity contribution in [3.05, 3.63) is 53.9 Å². The van der Waals surface area contributed by atoms with Gasteiger partial charge in [-0.25, -0.2) is 0 Å². The van der Waals surface area contributed by atoms with Crippen LogP contribution in [0.2, 0.25) is 0 Å². The lowest BCUT2D eigenvalue weighted by Crippen LogP contribution is -2.47. The molecule has 0 unspecified atom stereocenters. The first kappa shape index (κ1) is 17.7. The highest BCUT2D eigenvalue weighted by molar-refractivity contribution is 5.76. The molecule has 1 aliphatic rings. The Balaban J connectivity index is 1.57. The molecule has 1 aromatic carbocycles. The van der Waals surface area contributed by atoms with Crippen LogP contribution in [0, 0.1) is 5.92 Å². The van der Waals surface area contributed by atoms with Crippen molar-refractivity contribution in [1.29, 1.82) is 0 Å². The molecule has 5 nitrogen and oxygen atoms in total. The quantitative estimate of drug-likeness (QED) is 0.811. The first-order valence-electron chi connectivity index (χ1n) is 8.97. The summed E-state index contributed by atoms with van der Waals surface area (Å²) in [6, 6.07) is 10.5. The molecule has 0 spiro atoms. The molecule has 1 fully saturated rings. The molecule has 0 aliphatic carbocycles. The van der Waals surface area contributed by atoms with Crippen LogP contribution in [0.3, 0.4) is 0 Å². The molecular formula is C20H27N3O2. The van der Waals surface area contributed by atoms with E-state index >= 15 is 0 Å². The van der Waals surface area contributed by atoms with Gasteiger partial charge in [-0.3, -0.25) is 9.48 Å². The lowest BCUT2D eigenvalue weighted by Gasteiger charge is -2.38. The van der Waals surface area contributed by atoms with Gasteiger partial charge in [0.05, 0.1) is 12.3 Å². The Kier molecular flexibility index (Phi) is 5.87. The number of amides is 1. The van der Waals surface area contributed by atoms with Gasteiger partial charge in [0, 0.05) is 45.8 Å². The van der Waals surface area contributed by atoms with Crippen LogP contribution in [0.5, 0.6) is 0 Å². The zero-order valence-corrected chi connectivity index (χ0v) is 15.1. The number of nitrogens with zero attached hydrogens (tertiary/aromatic N) is 3. The van der Waals surface area contributed by atoms with Crippen molar-refractivity contribution in [3.63, 3.8) is 0 Å². The summed E-state index contributed by atoms with van der Waals surface area (Å²) in [6.45, 7) is 1.56. The monoisotopic (exact) mass is 341 g/mol. The van der Waals surface area contributed by atoms with Gasteiger partial charge >= 0.3 is 0 Å². The van der Waals surface area contributed by atoms with Crippen LogP contribution in [0.1, 0.15) is 24.0 Å². The number of carbonyl (C=O) groups is 1. The van der Waals surface area contributed by atoms with E-state index in [1.54, 1.807) is 11.8 Å². The predicted molar refractivity (Wildman–Crippen MR) is 97.2 cm³/mol. The molecule has 1 saturated heterocycles. The number of rotatable bonds is 6. The summed E-state index contributed by atoms with van der Waals surface area (Å²) in [4.78, 5) is 14.6. The summed E-state index contributed by atoms with van der Waals surface area (Å²) in [5.74, 6) is 0.583. The number of hydrogen-bond acceptors (Lipinski definition) is 3. The third kappa shape index (κ3) is 4.69. The Hall–Kier alpha value is -2.14. The molecule has 2 atom stereocenters. The van der Waals surface area contributed by atoms with Crippen molar-refractivity contribution in [1.82, 2.24) is 14.7 Å². The smallest absolute Gasteiger partial charge is 0.222 e. The highest BCUT2D eigenvalue weighted by Gasteiger charge is 2.31. The van der Waals surface area contributed by atoms with Crippen LogP contribution in [0.4, 0.5) is 0 Å². The van der Waals surface area contributed by atoms with Gasteiger partial charge in [0.1, 0.15) is 0 Å². The minimum atomic E-state index is 0.225. The van der Waals surface area contributed by atoms with E-state index in [0.717, 1.165) is 37.9 Å². The standard InChI is InChI=1S/C20H27N3O2/c1-22-14-17(13-21-22)8-9-20(24)23-11-10-19(25-2)18(15-23)12-16-6-4-3-5-7-16/h3-7,13-14,18-19H,8-12,15H2,1-2H3/t18-,19+/m1/s1. The van der Waals surface area contributed by atoms with Crippen molar-refractivity contribution in [2.24, 2.45) is 13.0 Å². The Morgan fingerprint density at radius 2 is 2.08 bits per heavy atom. The van der Waals surface area contributed by atoms with E-state index in [-0.39, 0.29) is 12.0 Å². The Morgan fingerprint density at radius 3 is 2.76 bits per heavy atom. The summed E-state index contributed by atoms with van der Waals surface area (Å²) in [5, 5.41) is 4.16. The van der Waals surface area contributed by atoms with Gasteiger partial charge in [-0.2, -0.15) is 5.10 Å². The summed E-state index contributed by atoms with van der Waals surface area (Å²) in [7, 11) is 3.68. The van der Waals surface area contributed by atoms with Gasteiger partial charge in [0.2, 0.25) is 5.91 Å². The second-order valence-corrected chi connectivity index (χ2v) is 6.87. The molecule has 1 aromatic heterocycles. The van der Waals surface area contributed by atoms with Crippen molar-refractivity contribution >= 4 is 5.91 Å². The minimum Gasteiger partial charge on any atom is -0.381 e. The molecule has 1 aliphatic heterocycles. The normalized spacial score (nSPS) is 20.6. The summed E-state index contributed by atoms with van der Waals surface area (Å²) in [5.41, 5.74) is 2.42. The lowest BCUT2D eigenvalue weighted by molar-refractivity contribution is -0.135. The number of hydrogen-bond donors (Lipinski definition) is 0. The topological polar surface area (TPSA) is 47.4 Å². The molecule has 2 heterocycles. The molecule has 3 rings (SSSR count). The molecule has 0 N–H and O–H groups in total. The number of carbonyl (C=O) groups excluding carboxylic acids is 1. The van der Waals surface area contributed by atoms with E-state index in [9.17, 15) is 4.79 Å². The first-order valence-corrected chi connectivity index (χ1v) is 8.97. The number of benzene rings is 1. The fraction of sp³-hybridized carbons (Fsp3) is 0.500. The molecule has 5 heteroatoms. The summed E-state index contributed by atoms with van der Waals surface area (Å²) < 4.78 is 7.46. The van der Waals surface area contributed by atoms with E-state index in [1.807, 2.05) is 30.4 Å². The lowest BCUT2D eigenvalue weighted by atomic mass is 9.88. The molecule has 0 bridgehead atoms. The van der Waals surface area contributed by atoms with Crippen molar-refractivity contribution in [2.75, 3.05) is 20.2 Å². The van der Waals surface area contributed by atoms with Crippen LogP contribution in [0.15, 0.2) is 42.7 Å². The minimum absolute atomic E-state index is 0.225. The molecule has 1 amide bonds. The fourth-order valence-corrected chi connectivity index (χ4v) is 3.67. The second-order valence-electron chi connectivity index (χ2n) is 6.87. The van der Waals surface area contributed by atoms with Crippen LogP contribution in [-0.4, -0.2) is 46.9 Å². The van der Waals surface area contributed by atoms with Crippen LogP contribution >= 0.6 is 0 Å². The average Bonchev–Trinajstić information content (AvgIpc) is 3.06. The highest BCUT2D eigenvalue weighted by atomic mass is 16.5. The van der Waals surface area contributed by atoms with E-state index < -0.39 is 0 Å². The molecule has 0 radical (unpaired) electrons. The number of likely N-dealkylation sites (tertiary alicyclic amines) is 1. The van der Waals surface area contributed by atoms with E-state index in [0.29, 0.717) is 12.3 Å². The number of ether oxygens (including phenoxy) is 1. The van der Waals surface area contributed by atoms with E-state index in [1.165, 1.54) is 5.56 Å². The SMILES string of the molecule is CO[C@H]1CCN(C(=O)CCc2cnn(C)c2)C[C@H]1Cc1ccccc1. The maximum absolute atomic E-state index is 12.6. The molecular weight excluding hydrogens is 314 g/mol. The zero-order chi connectivity index (χ0) is 17.6. The van der Waals surface area contributed by atoms with Crippen LogP contribution in [0.25, 0.3) is 0 Å². The van der Waals surface area contributed by atoms with Crippen molar-refractivity contribution in [2.45, 2.75) is 31.8 Å². The Bertz CT molecular complexity index is 683. The third-order valence-corrected chi connectivity index (χ3v) is 5.05. The number of methoxy groups -OCH3 is 1. The molecule has 0 saturated carbocycles. The van der Waals surface area contributed by atoms with Gasteiger partial charge in [-0.05, 0) is 30.4 Å². The van der Waals surface area contributed by atoms with Gasteiger partial charge < -0.3 is 9.64 Å². The predicted octanol–water partition coefficient (Wildman–Crippen LogP) is 2.46. The third-order valence-electron chi connectivity index (χ3n) is 5.05. The second kappa shape index (κ2) is 8.30. The number of aromatic nitrogens is 2. The Labute approximate surface area is 149 Å². The molecule has 134 valence electrons. The van der Waals surface area contributed by atoms with E-state index in [2.05, 4.69) is 29.4 Å². The largest absolute Gasteiger partial charge is 0.381 e. The van der Waals surface area contributed by atoms with Gasteiger partial charge in [-0.15, -0.1) is 0 Å². The van der Waals surface area contributed by atoms with Gasteiger partial charge in [0.15, 0.2) is 0 Å². The highest BCUT2D eigenvalue weighted by Crippen LogP contribution is 2.24. The van der Waals surface area contributed by atoms with E-state index in [4.69, 9.17) is 4.74 Å². The molecule has 2 aromatic rings. The zero-order valence-electron chi connectivity index (χ0n) is 15.1. The van der Waals surface area contributed by atoms with Crippen molar-refractivity contribution < 1.29 is 9.53 Å². The average molecular weight is 341 g/mol. The Morgan fingerprint density at radius 1 is 1.28 bits per heavy atom. The number of aryl methyl sites for hydroxylation is 2. The molecule has 25 heavy (non-hydrogen) atoms. The van der Waals surface area contributed by atoms with Crippen LogP contribution < -0.4 is 0 Å². The summed E-state index contributed by atoms with van der Waals surface area (Å²) in [6.07, 6.45) is 7.19. The summed E-state index contributed by atoms with van der Waals surface area (Å²) >= 11 is 0. The first-order chi connectivity index (χ1) is 12.2. The fourth-order valence-electron chi connectivity index (χ4n) is 3.67. The van der Waals surface area contributed by atoms with Gasteiger partial charge in [0.25, 0.3) is 0 Å². The number of piperidine rings is 1.